The van der Waals surface area contributed by atoms with E-state index in [1.165, 1.54) is 4.57 Å². The van der Waals surface area contributed by atoms with Crippen LogP contribution in [0.4, 0.5) is 0 Å². The highest BCUT2D eigenvalue weighted by Crippen LogP contribution is 2.13. The van der Waals surface area contributed by atoms with Crippen LogP contribution in [0.3, 0.4) is 0 Å². The van der Waals surface area contributed by atoms with Gasteiger partial charge in [0.15, 0.2) is 0 Å². The van der Waals surface area contributed by atoms with Crippen molar-refractivity contribution >= 4 is 34.8 Å². The molecule has 0 spiro atoms. The van der Waals surface area contributed by atoms with Gasteiger partial charge in [0.05, 0.1) is 10.9 Å². The Bertz CT molecular complexity index is 1020. The fourth-order valence-corrected chi connectivity index (χ4v) is 2.86. The average Bonchev–Trinajstić information content (AvgIpc) is 2.96. The fraction of sp³-hybridized carbons (Fsp3) is 0.375. The molecule has 126 valence electrons. The molecule has 1 atom stereocenters. The van der Waals surface area contributed by atoms with Crippen molar-refractivity contribution in [1.82, 2.24) is 24.5 Å². The topological polar surface area (TPSA) is 84.2 Å². The van der Waals surface area contributed by atoms with Gasteiger partial charge in [0.2, 0.25) is 16.5 Å². The van der Waals surface area contributed by atoms with E-state index >= 15 is 0 Å². The van der Waals surface area contributed by atoms with Gasteiger partial charge >= 0.3 is 0 Å². The van der Waals surface area contributed by atoms with Crippen LogP contribution in [0.1, 0.15) is 26.7 Å². The molecule has 0 aliphatic heterocycles. The third-order valence-corrected chi connectivity index (χ3v) is 4.37. The van der Waals surface area contributed by atoms with E-state index in [0.717, 1.165) is 6.42 Å². The van der Waals surface area contributed by atoms with E-state index < -0.39 is 0 Å². The van der Waals surface area contributed by atoms with Gasteiger partial charge in [-0.15, -0.1) is 5.10 Å². The van der Waals surface area contributed by atoms with Crippen molar-refractivity contribution in [2.24, 2.45) is 0 Å². The lowest BCUT2D eigenvalue weighted by Crippen LogP contribution is -2.33. The van der Waals surface area contributed by atoms with Crippen LogP contribution in [0.2, 0.25) is 0 Å². The SMILES string of the molecule is CC[C@@H](C)NC(=O)CCn1c(=O)c2ccccc2n2c(=S)[nH]nc12. The predicted octanol–water partition coefficient (Wildman–Crippen LogP) is 2.01. The molecule has 3 aromatic rings. The Kier molecular flexibility index (Phi) is 4.48. The number of carbonyl (C=O) groups excluding carboxylic acids is 1. The molecule has 0 fully saturated rings. The number of hydrogen-bond donors (Lipinski definition) is 2. The number of H-pyrrole nitrogens is 1. The highest BCUT2D eigenvalue weighted by atomic mass is 32.1. The predicted molar refractivity (Wildman–Crippen MR) is 94.7 cm³/mol. The lowest BCUT2D eigenvalue weighted by atomic mass is 10.2. The third-order valence-electron chi connectivity index (χ3n) is 4.10. The average molecular weight is 345 g/mol. The summed E-state index contributed by atoms with van der Waals surface area (Å²) in [4.78, 5) is 24.8. The first-order valence-electron chi connectivity index (χ1n) is 7.91. The Morgan fingerprint density at radius 2 is 2.17 bits per heavy atom. The van der Waals surface area contributed by atoms with E-state index in [9.17, 15) is 9.59 Å². The summed E-state index contributed by atoms with van der Waals surface area (Å²) >= 11 is 5.28. The van der Waals surface area contributed by atoms with Crippen molar-refractivity contribution in [2.45, 2.75) is 39.3 Å². The molecule has 0 bridgehead atoms. The number of benzene rings is 1. The quantitative estimate of drug-likeness (QED) is 0.693. The van der Waals surface area contributed by atoms with Crippen molar-refractivity contribution in [3.05, 3.63) is 39.4 Å². The molecular formula is C16H19N5O2S. The molecule has 3 rings (SSSR count). The number of rotatable bonds is 5. The third kappa shape index (κ3) is 2.84. The number of aromatic amines is 1. The molecule has 2 aromatic heterocycles. The van der Waals surface area contributed by atoms with Gasteiger partial charge in [-0.05, 0) is 37.7 Å². The first-order valence-corrected chi connectivity index (χ1v) is 8.31. The van der Waals surface area contributed by atoms with Crippen molar-refractivity contribution in [3.8, 4) is 0 Å². The standard InChI is InChI=1S/C16H19N5O2S/c1-3-10(2)17-13(22)8-9-20-14(23)11-6-4-5-7-12(11)21-15(20)18-19-16(21)24/h4-7,10H,3,8-9H2,1-2H3,(H,17,22)(H,19,24)/t10-/m1/s1. The normalized spacial score (nSPS) is 12.6. The van der Waals surface area contributed by atoms with Crippen LogP contribution in [0, 0.1) is 4.77 Å². The number of amides is 1. The van der Waals surface area contributed by atoms with E-state index in [1.54, 1.807) is 16.5 Å². The zero-order valence-corrected chi connectivity index (χ0v) is 14.4. The van der Waals surface area contributed by atoms with Crippen molar-refractivity contribution in [3.63, 3.8) is 0 Å². The van der Waals surface area contributed by atoms with Crippen LogP contribution < -0.4 is 10.9 Å². The van der Waals surface area contributed by atoms with Crippen LogP contribution >= 0.6 is 12.2 Å². The zero-order chi connectivity index (χ0) is 17.3. The highest BCUT2D eigenvalue weighted by molar-refractivity contribution is 7.71. The monoisotopic (exact) mass is 345 g/mol. The molecule has 0 saturated carbocycles. The maximum atomic E-state index is 12.8. The maximum Gasteiger partial charge on any atom is 0.262 e. The summed E-state index contributed by atoms with van der Waals surface area (Å²) in [5, 5.41) is 10.3. The van der Waals surface area contributed by atoms with Crippen LogP contribution in [0.5, 0.6) is 0 Å². The number of fused-ring (bicyclic) bond motifs is 3. The molecule has 0 aliphatic carbocycles. The minimum absolute atomic E-state index is 0.0864. The molecule has 2 N–H and O–H groups in total. The molecule has 24 heavy (non-hydrogen) atoms. The molecule has 0 unspecified atom stereocenters. The minimum Gasteiger partial charge on any atom is -0.354 e. The minimum atomic E-state index is -0.177. The largest absolute Gasteiger partial charge is 0.354 e. The molecule has 0 aliphatic rings. The van der Waals surface area contributed by atoms with Gasteiger partial charge in [0, 0.05) is 19.0 Å². The van der Waals surface area contributed by atoms with E-state index in [1.807, 2.05) is 26.0 Å². The second-order valence-electron chi connectivity index (χ2n) is 5.76. The molecule has 8 heteroatoms. The molecule has 7 nitrogen and oxygen atoms in total. The second-order valence-corrected chi connectivity index (χ2v) is 6.15. The lowest BCUT2D eigenvalue weighted by molar-refractivity contribution is -0.121. The number of aryl methyl sites for hydroxylation is 1. The van der Waals surface area contributed by atoms with Crippen molar-refractivity contribution < 1.29 is 4.79 Å². The van der Waals surface area contributed by atoms with E-state index in [0.29, 0.717) is 21.5 Å². The number of nitrogens with one attached hydrogen (secondary N) is 2. The molecule has 1 amide bonds. The van der Waals surface area contributed by atoms with E-state index in [-0.39, 0.29) is 30.5 Å². The molecule has 0 radical (unpaired) electrons. The summed E-state index contributed by atoms with van der Waals surface area (Å²) in [6, 6.07) is 7.35. The summed E-state index contributed by atoms with van der Waals surface area (Å²) < 4.78 is 3.63. The van der Waals surface area contributed by atoms with E-state index in [2.05, 4.69) is 15.5 Å². The molecule has 1 aromatic carbocycles. The summed E-state index contributed by atoms with van der Waals surface area (Å²) in [5.41, 5.74) is 0.528. The Morgan fingerprint density at radius 1 is 1.42 bits per heavy atom. The number of nitrogens with zero attached hydrogens (tertiary/aromatic N) is 3. The highest BCUT2D eigenvalue weighted by Gasteiger charge is 2.14. The Balaban J connectivity index is 2.04. The number of aromatic nitrogens is 4. The first kappa shape index (κ1) is 16.4. The van der Waals surface area contributed by atoms with Gasteiger partial charge in [-0.1, -0.05) is 19.1 Å². The van der Waals surface area contributed by atoms with Crippen molar-refractivity contribution in [1.29, 1.82) is 0 Å². The van der Waals surface area contributed by atoms with Crippen molar-refractivity contribution in [2.75, 3.05) is 0 Å². The number of para-hydroxylation sites is 1. The summed E-state index contributed by atoms with van der Waals surface area (Å²) in [6.07, 6.45) is 1.07. The molecule has 0 saturated heterocycles. The van der Waals surface area contributed by atoms with Gasteiger partial charge in [0.25, 0.3) is 5.56 Å². The van der Waals surface area contributed by atoms with Gasteiger partial charge in [-0.25, -0.2) is 5.10 Å². The van der Waals surface area contributed by atoms with Crippen LogP contribution in [0.25, 0.3) is 16.7 Å². The smallest absolute Gasteiger partial charge is 0.262 e. The van der Waals surface area contributed by atoms with Crippen LogP contribution in [-0.4, -0.2) is 31.1 Å². The summed E-state index contributed by atoms with van der Waals surface area (Å²) in [6.45, 7) is 4.20. The van der Waals surface area contributed by atoms with Crippen LogP contribution in [0.15, 0.2) is 29.1 Å². The Labute approximate surface area is 143 Å². The van der Waals surface area contributed by atoms with Gasteiger partial charge in [-0.2, -0.15) is 0 Å². The molecule has 2 heterocycles. The second kappa shape index (κ2) is 6.56. The maximum absolute atomic E-state index is 12.8. The molecular weight excluding hydrogens is 326 g/mol. The zero-order valence-electron chi connectivity index (χ0n) is 13.6. The summed E-state index contributed by atoms with van der Waals surface area (Å²) in [5.74, 6) is 0.330. The Morgan fingerprint density at radius 3 is 2.92 bits per heavy atom. The fourth-order valence-electron chi connectivity index (χ4n) is 2.64. The summed E-state index contributed by atoms with van der Waals surface area (Å²) in [7, 11) is 0. The van der Waals surface area contributed by atoms with Crippen LogP contribution in [-0.2, 0) is 11.3 Å². The first-order chi connectivity index (χ1) is 11.5. The van der Waals surface area contributed by atoms with Gasteiger partial charge in [-0.3, -0.25) is 18.6 Å². The Hall–Kier alpha value is -2.48. The number of carbonyl (C=O) groups is 1. The number of hydrogen-bond acceptors (Lipinski definition) is 4. The van der Waals surface area contributed by atoms with Gasteiger partial charge in [0.1, 0.15) is 0 Å². The van der Waals surface area contributed by atoms with E-state index in [4.69, 9.17) is 12.2 Å². The lowest BCUT2D eigenvalue weighted by Gasteiger charge is -2.13. The van der Waals surface area contributed by atoms with Gasteiger partial charge < -0.3 is 5.32 Å².